The zero-order valence-corrected chi connectivity index (χ0v) is 11.9. The van der Waals surface area contributed by atoms with E-state index in [0.717, 1.165) is 12.1 Å². The molecule has 2 N–H and O–H groups in total. The summed E-state index contributed by atoms with van der Waals surface area (Å²) in [5.41, 5.74) is 4.34. The number of rotatable bonds is 6. The Morgan fingerprint density at radius 3 is 2.52 bits per heavy atom. The number of anilines is 1. The minimum absolute atomic E-state index is 0.0298. The van der Waals surface area contributed by atoms with E-state index in [4.69, 9.17) is 15.2 Å². The summed E-state index contributed by atoms with van der Waals surface area (Å²) in [7, 11) is 0. The predicted molar refractivity (Wildman–Crippen MR) is 71.8 cm³/mol. The number of carbonyl (C=O) groups excluding carboxylic acids is 1. The Hall–Kier alpha value is -1.92. The number of nitrogens with two attached hydrogens (primary N) is 1. The van der Waals surface area contributed by atoms with Crippen LogP contribution in [-0.4, -0.2) is 18.7 Å². The molecule has 0 spiro atoms. The molecule has 4 nitrogen and oxygen atoms in total. The molecule has 1 aromatic carbocycles. The molecule has 0 heterocycles. The molecule has 0 amide bonds. The van der Waals surface area contributed by atoms with Crippen molar-refractivity contribution in [3.05, 3.63) is 23.8 Å². The van der Waals surface area contributed by atoms with Crippen LogP contribution in [0.4, 0.5) is 18.9 Å². The molecule has 0 aliphatic heterocycles. The monoisotopic (exact) mass is 305 g/mol. The van der Waals surface area contributed by atoms with Gasteiger partial charge in [-0.3, -0.25) is 0 Å². The largest absolute Gasteiger partial charge is 0.478 e. The number of ether oxygens (including phenoxy) is 2. The van der Waals surface area contributed by atoms with Crippen molar-refractivity contribution in [3.8, 4) is 5.75 Å². The van der Waals surface area contributed by atoms with Crippen molar-refractivity contribution in [2.75, 3.05) is 12.3 Å². The SMILES string of the molecule is CCCC(Oc1ccc(N)cc1C(F)(F)F)C(=O)OCC. The van der Waals surface area contributed by atoms with Crippen LogP contribution in [0.3, 0.4) is 0 Å². The minimum Gasteiger partial charge on any atom is -0.478 e. The third-order valence-corrected chi connectivity index (χ3v) is 2.68. The lowest BCUT2D eigenvalue weighted by molar-refractivity contribution is -0.153. The third kappa shape index (κ3) is 4.84. The van der Waals surface area contributed by atoms with Crippen LogP contribution in [0.15, 0.2) is 18.2 Å². The normalized spacial score (nSPS) is 12.8. The van der Waals surface area contributed by atoms with E-state index in [2.05, 4.69) is 0 Å². The summed E-state index contributed by atoms with van der Waals surface area (Å²) in [5, 5.41) is 0. The van der Waals surface area contributed by atoms with Crippen LogP contribution in [0.1, 0.15) is 32.3 Å². The Balaban J connectivity index is 3.06. The Labute approximate surface area is 121 Å². The van der Waals surface area contributed by atoms with Crippen LogP contribution in [0.2, 0.25) is 0 Å². The summed E-state index contributed by atoms with van der Waals surface area (Å²) >= 11 is 0. The molecular weight excluding hydrogens is 287 g/mol. The summed E-state index contributed by atoms with van der Waals surface area (Å²) in [6.07, 6.45) is -4.85. The fraction of sp³-hybridized carbons (Fsp3) is 0.500. The number of carbonyl (C=O) groups is 1. The maximum Gasteiger partial charge on any atom is 0.420 e. The first-order valence-corrected chi connectivity index (χ1v) is 6.59. The second-order valence-corrected chi connectivity index (χ2v) is 4.40. The number of halogens is 3. The standard InChI is InChI=1S/C14H18F3NO3/c1-3-5-12(13(19)20-4-2)21-11-7-6-9(18)8-10(11)14(15,16)17/h6-8,12H,3-5,18H2,1-2H3. The van der Waals surface area contributed by atoms with Gasteiger partial charge in [-0.1, -0.05) is 13.3 Å². The van der Waals surface area contributed by atoms with Crippen LogP contribution < -0.4 is 10.5 Å². The predicted octanol–water partition coefficient (Wildman–Crippen LogP) is 3.40. The highest BCUT2D eigenvalue weighted by atomic mass is 19.4. The lowest BCUT2D eigenvalue weighted by Crippen LogP contribution is -2.30. The minimum atomic E-state index is -4.61. The van der Waals surface area contributed by atoms with Gasteiger partial charge in [-0.25, -0.2) is 4.79 Å². The van der Waals surface area contributed by atoms with Crippen molar-refractivity contribution in [2.24, 2.45) is 0 Å². The lowest BCUT2D eigenvalue weighted by Gasteiger charge is -2.20. The Kier molecular flexibility index (Phi) is 5.87. The van der Waals surface area contributed by atoms with Gasteiger partial charge in [0, 0.05) is 5.69 Å². The second-order valence-electron chi connectivity index (χ2n) is 4.40. The second kappa shape index (κ2) is 7.19. The van der Waals surface area contributed by atoms with Crippen molar-refractivity contribution in [2.45, 2.75) is 39.0 Å². The molecule has 0 aliphatic carbocycles. The van der Waals surface area contributed by atoms with E-state index < -0.39 is 29.6 Å². The van der Waals surface area contributed by atoms with Crippen molar-refractivity contribution in [1.82, 2.24) is 0 Å². The van der Waals surface area contributed by atoms with Gasteiger partial charge in [0.15, 0.2) is 6.10 Å². The summed E-state index contributed by atoms with van der Waals surface area (Å²) in [6, 6.07) is 3.18. The van der Waals surface area contributed by atoms with E-state index in [1.54, 1.807) is 13.8 Å². The van der Waals surface area contributed by atoms with Gasteiger partial charge in [-0.15, -0.1) is 0 Å². The molecule has 0 radical (unpaired) electrons. The van der Waals surface area contributed by atoms with Gasteiger partial charge in [0.25, 0.3) is 0 Å². The van der Waals surface area contributed by atoms with Crippen LogP contribution in [0.25, 0.3) is 0 Å². The lowest BCUT2D eigenvalue weighted by atomic mass is 10.1. The number of alkyl halides is 3. The number of benzene rings is 1. The van der Waals surface area contributed by atoms with E-state index in [-0.39, 0.29) is 18.7 Å². The summed E-state index contributed by atoms with van der Waals surface area (Å²) < 4.78 is 48.9. The fourth-order valence-corrected chi connectivity index (χ4v) is 1.75. The van der Waals surface area contributed by atoms with Gasteiger partial charge in [0.2, 0.25) is 0 Å². The van der Waals surface area contributed by atoms with Crippen molar-refractivity contribution in [1.29, 1.82) is 0 Å². The van der Waals surface area contributed by atoms with Crippen molar-refractivity contribution >= 4 is 11.7 Å². The van der Waals surface area contributed by atoms with Gasteiger partial charge in [-0.05, 0) is 31.5 Å². The third-order valence-electron chi connectivity index (χ3n) is 2.68. The maximum atomic E-state index is 13.0. The number of hydrogen-bond donors (Lipinski definition) is 1. The molecule has 7 heteroatoms. The fourth-order valence-electron chi connectivity index (χ4n) is 1.75. The molecule has 1 rings (SSSR count). The zero-order chi connectivity index (χ0) is 16.0. The molecule has 0 bridgehead atoms. The zero-order valence-electron chi connectivity index (χ0n) is 11.9. The Morgan fingerprint density at radius 2 is 2.00 bits per heavy atom. The molecule has 1 atom stereocenters. The van der Waals surface area contributed by atoms with Crippen LogP contribution in [0, 0.1) is 0 Å². The van der Waals surface area contributed by atoms with Crippen LogP contribution >= 0.6 is 0 Å². The molecule has 0 fully saturated rings. The number of esters is 1. The first-order chi connectivity index (χ1) is 9.79. The summed E-state index contributed by atoms with van der Waals surface area (Å²) in [6.45, 7) is 3.55. The average Bonchev–Trinajstić information content (AvgIpc) is 2.39. The van der Waals surface area contributed by atoms with E-state index in [0.29, 0.717) is 6.42 Å². The smallest absolute Gasteiger partial charge is 0.420 e. The maximum absolute atomic E-state index is 13.0. The number of nitrogen functional groups attached to an aromatic ring is 1. The van der Waals surface area contributed by atoms with Crippen LogP contribution in [0.5, 0.6) is 5.75 Å². The summed E-state index contributed by atoms with van der Waals surface area (Å²) in [5.74, 6) is -1.10. The van der Waals surface area contributed by atoms with E-state index in [9.17, 15) is 18.0 Å². The Bertz CT molecular complexity index is 489. The van der Waals surface area contributed by atoms with Gasteiger partial charge in [-0.2, -0.15) is 13.2 Å². The first-order valence-electron chi connectivity index (χ1n) is 6.59. The average molecular weight is 305 g/mol. The molecule has 0 saturated carbocycles. The molecule has 1 aromatic rings. The highest BCUT2D eigenvalue weighted by Crippen LogP contribution is 2.38. The van der Waals surface area contributed by atoms with E-state index in [1.807, 2.05) is 0 Å². The highest BCUT2D eigenvalue weighted by Gasteiger charge is 2.36. The quantitative estimate of drug-likeness (QED) is 0.646. The first kappa shape index (κ1) is 17.1. The van der Waals surface area contributed by atoms with E-state index >= 15 is 0 Å². The molecule has 0 aromatic heterocycles. The van der Waals surface area contributed by atoms with Gasteiger partial charge >= 0.3 is 12.1 Å². The van der Waals surface area contributed by atoms with Crippen molar-refractivity contribution in [3.63, 3.8) is 0 Å². The topological polar surface area (TPSA) is 61.5 Å². The molecule has 118 valence electrons. The highest BCUT2D eigenvalue weighted by molar-refractivity contribution is 5.75. The number of hydrogen-bond acceptors (Lipinski definition) is 4. The molecular formula is C14H18F3NO3. The van der Waals surface area contributed by atoms with Gasteiger partial charge in [0.1, 0.15) is 5.75 Å². The van der Waals surface area contributed by atoms with Crippen LogP contribution in [-0.2, 0) is 15.7 Å². The molecule has 21 heavy (non-hydrogen) atoms. The van der Waals surface area contributed by atoms with Gasteiger partial charge < -0.3 is 15.2 Å². The van der Waals surface area contributed by atoms with Gasteiger partial charge in [0.05, 0.1) is 12.2 Å². The molecule has 1 unspecified atom stereocenters. The van der Waals surface area contributed by atoms with Crippen molar-refractivity contribution < 1.29 is 27.4 Å². The van der Waals surface area contributed by atoms with E-state index in [1.165, 1.54) is 6.07 Å². The molecule has 0 saturated heterocycles. The summed E-state index contributed by atoms with van der Waals surface area (Å²) in [4.78, 5) is 11.7. The Morgan fingerprint density at radius 1 is 1.33 bits per heavy atom. The molecule has 0 aliphatic rings.